The van der Waals surface area contributed by atoms with Gasteiger partial charge in [-0.25, -0.2) is 0 Å². The Kier molecular flexibility index (Phi) is 1.80. The van der Waals surface area contributed by atoms with Gasteiger partial charge in [-0.05, 0) is 48.9 Å². The normalized spacial score (nSPS) is 17.4. The number of nitrogen functional groups attached to an aromatic ring is 1. The molecule has 0 saturated heterocycles. The Morgan fingerprint density at radius 3 is 2.67 bits per heavy atom. The first-order chi connectivity index (χ1) is 5.77. The number of hydrogen-bond donors (Lipinski definition) is 1. The lowest BCUT2D eigenvalue weighted by Gasteiger charge is -2.27. The molecule has 0 amide bonds. The van der Waals surface area contributed by atoms with Gasteiger partial charge in [0.2, 0.25) is 0 Å². The average Bonchev–Trinajstić information content (AvgIpc) is 1.93. The summed E-state index contributed by atoms with van der Waals surface area (Å²) in [7, 11) is 0. The van der Waals surface area contributed by atoms with Crippen LogP contribution in [-0.2, 0) is 0 Å². The van der Waals surface area contributed by atoms with E-state index in [2.05, 4.69) is 19.1 Å². The predicted octanol–water partition coefficient (Wildman–Crippen LogP) is 2.84. The highest BCUT2D eigenvalue weighted by molar-refractivity contribution is 5.46. The fraction of sp³-hybridized carbons (Fsp3) is 0.455. The minimum Gasteiger partial charge on any atom is -0.399 e. The van der Waals surface area contributed by atoms with Crippen LogP contribution in [0.25, 0.3) is 0 Å². The van der Waals surface area contributed by atoms with E-state index in [9.17, 15) is 0 Å². The van der Waals surface area contributed by atoms with Crippen molar-refractivity contribution in [1.29, 1.82) is 0 Å². The smallest absolute Gasteiger partial charge is 0.0317 e. The zero-order valence-electron chi connectivity index (χ0n) is 7.51. The molecule has 64 valence electrons. The molecule has 0 atom stereocenters. The molecule has 1 aliphatic rings. The van der Waals surface area contributed by atoms with Gasteiger partial charge in [-0.3, -0.25) is 0 Å². The first-order valence-corrected chi connectivity index (χ1v) is 4.63. The third-order valence-corrected chi connectivity index (χ3v) is 2.85. The van der Waals surface area contributed by atoms with Gasteiger partial charge >= 0.3 is 0 Å². The van der Waals surface area contributed by atoms with Crippen molar-refractivity contribution in [3.8, 4) is 0 Å². The Morgan fingerprint density at radius 2 is 2.08 bits per heavy atom. The number of nitrogens with two attached hydrogens (primary N) is 1. The second kappa shape index (κ2) is 2.81. The van der Waals surface area contributed by atoms with Crippen LogP contribution < -0.4 is 5.73 Å². The van der Waals surface area contributed by atoms with E-state index in [-0.39, 0.29) is 0 Å². The molecule has 0 bridgehead atoms. The standard InChI is InChI=1S/C11H15N/c1-8-5-6-10(12)7-11(8)9-3-2-4-9/h5-7,9H,2-4,12H2,1H3. The minimum atomic E-state index is 0.800. The van der Waals surface area contributed by atoms with Crippen molar-refractivity contribution in [1.82, 2.24) is 0 Å². The van der Waals surface area contributed by atoms with Crippen LogP contribution in [0.5, 0.6) is 0 Å². The van der Waals surface area contributed by atoms with Crippen LogP contribution in [0.1, 0.15) is 36.3 Å². The number of benzene rings is 1. The average molecular weight is 161 g/mol. The van der Waals surface area contributed by atoms with E-state index in [1.807, 2.05) is 6.07 Å². The van der Waals surface area contributed by atoms with Crippen LogP contribution in [0.4, 0.5) is 5.69 Å². The van der Waals surface area contributed by atoms with Gasteiger partial charge in [-0.15, -0.1) is 0 Å². The monoisotopic (exact) mass is 161 g/mol. The van der Waals surface area contributed by atoms with E-state index < -0.39 is 0 Å². The molecule has 1 aromatic carbocycles. The highest BCUT2D eigenvalue weighted by atomic mass is 14.5. The number of hydrogen-bond acceptors (Lipinski definition) is 1. The highest BCUT2D eigenvalue weighted by Crippen LogP contribution is 2.38. The fourth-order valence-electron chi connectivity index (χ4n) is 1.82. The van der Waals surface area contributed by atoms with Crippen LogP contribution in [0.3, 0.4) is 0 Å². The van der Waals surface area contributed by atoms with E-state index in [1.165, 1.54) is 30.4 Å². The molecule has 1 aliphatic carbocycles. The molecule has 0 unspecified atom stereocenters. The number of aryl methyl sites for hydroxylation is 1. The molecular weight excluding hydrogens is 146 g/mol. The molecule has 0 aromatic heterocycles. The van der Waals surface area contributed by atoms with E-state index in [0.29, 0.717) is 0 Å². The Hall–Kier alpha value is -0.980. The van der Waals surface area contributed by atoms with Crippen molar-refractivity contribution in [2.24, 2.45) is 0 Å². The van der Waals surface area contributed by atoms with Crippen molar-refractivity contribution in [3.05, 3.63) is 29.3 Å². The summed E-state index contributed by atoms with van der Waals surface area (Å²) in [6.07, 6.45) is 4.09. The summed E-state index contributed by atoms with van der Waals surface area (Å²) in [5, 5.41) is 0. The van der Waals surface area contributed by atoms with Gasteiger partial charge in [0.15, 0.2) is 0 Å². The van der Waals surface area contributed by atoms with E-state index in [4.69, 9.17) is 5.73 Å². The van der Waals surface area contributed by atoms with Gasteiger partial charge in [0.05, 0.1) is 0 Å². The van der Waals surface area contributed by atoms with Gasteiger partial charge in [0.1, 0.15) is 0 Å². The van der Waals surface area contributed by atoms with Gasteiger partial charge in [0.25, 0.3) is 0 Å². The second-order valence-corrected chi connectivity index (χ2v) is 3.74. The van der Waals surface area contributed by atoms with Crippen LogP contribution in [0.2, 0.25) is 0 Å². The van der Waals surface area contributed by atoms with Crippen LogP contribution in [0.15, 0.2) is 18.2 Å². The minimum absolute atomic E-state index is 0.800. The molecule has 0 aliphatic heterocycles. The zero-order chi connectivity index (χ0) is 8.55. The summed E-state index contributed by atoms with van der Waals surface area (Å²) >= 11 is 0. The van der Waals surface area contributed by atoms with Gasteiger partial charge in [-0.2, -0.15) is 0 Å². The Bertz CT molecular complexity index is 287. The van der Waals surface area contributed by atoms with Crippen molar-refractivity contribution >= 4 is 5.69 Å². The van der Waals surface area contributed by atoms with Gasteiger partial charge < -0.3 is 5.73 Å². The Morgan fingerprint density at radius 1 is 1.33 bits per heavy atom. The van der Waals surface area contributed by atoms with Crippen molar-refractivity contribution in [2.75, 3.05) is 5.73 Å². The summed E-state index contributed by atoms with van der Waals surface area (Å²) in [4.78, 5) is 0. The van der Waals surface area contributed by atoms with Crippen LogP contribution in [-0.4, -0.2) is 0 Å². The second-order valence-electron chi connectivity index (χ2n) is 3.74. The molecule has 2 rings (SSSR count). The predicted molar refractivity (Wildman–Crippen MR) is 52.2 cm³/mol. The topological polar surface area (TPSA) is 26.0 Å². The van der Waals surface area contributed by atoms with Crippen molar-refractivity contribution in [3.63, 3.8) is 0 Å². The molecule has 1 fully saturated rings. The summed E-state index contributed by atoms with van der Waals surface area (Å²) in [5.41, 5.74) is 9.52. The van der Waals surface area contributed by atoms with Crippen LogP contribution >= 0.6 is 0 Å². The lowest BCUT2D eigenvalue weighted by Crippen LogP contribution is -2.10. The van der Waals surface area contributed by atoms with E-state index in [1.54, 1.807) is 0 Å². The fourth-order valence-corrected chi connectivity index (χ4v) is 1.82. The summed E-state index contributed by atoms with van der Waals surface area (Å²) in [5.74, 6) is 0.800. The van der Waals surface area contributed by atoms with Crippen LogP contribution in [0, 0.1) is 6.92 Å². The molecule has 1 nitrogen and oxygen atoms in total. The molecular formula is C11H15N. The number of rotatable bonds is 1. The van der Waals surface area contributed by atoms with Gasteiger partial charge in [-0.1, -0.05) is 12.5 Å². The quantitative estimate of drug-likeness (QED) is 0.630. The summed E-state index contributed by atoms with van der Waals surface area (Å²) < 4.78 is 0. The third kappa shape index (κ3) is 1.20. The highest BCUT2D eigenvalue weighted by Gasteiger charge is 2.20. The molecule has 1 aromatic rings. The lowest BCUT2D eigenvalue weighted by atomic mass is 9.78. The maximum Gasteiger partial charge on any atom is 0.0317 e. The molecule has 12 heavy (non-hydrogen) atoms. The Labute approximate surface area is 73.6 Å². The van der Waals surface area contributed by atoms with E-state index >= 15 is 0 Å². The largest absolute Gasteiger partial charge is 0.399 e. The molecule has 0 spiro atoms. The zero-order valence-corrected chi connectivity index (χ0v) is 7.51. The van der Waals surface area contributed by atoms with Crippen molar-refractivity contribution < 1.29 is 0 Å². The van der Waals surface area contributed by atoms with Gasteiger partial charge in [0, 0.05) is 5.69 Å². The number of anilines is 1. The molecule has 2 N–H and O–H groups in total. The van der Waals surface area contributed by atoms with Crippen molar-refractivity contribution in [2.45, 2.75) is 32.1 Å². The molecule has 0 radical (unpaired) electrons. The SMILES string of the molecule is Cc1ccc(N)cc1C1CCC1. The Balaban J connectivity index is 2.34. The summed E-state index contributed by atoms with van der Waals surface area (Å²) in [6, 6.07) is 6.25. The molecule has 1 heteroatoms. The lowest BCUT2D eigenvalue weighted by molar-refractivity contribution is 0.418. The maximum absolute atomic E-state index is 5.74. The first kappa shape index (κ1) is 7.66. The maximum atomic E-state index is 5.74. The first-order valence-electron chi connectivity index (χ1n) is 4.63. The molecule has 0 heterocycles. The third-order valence-electron chi connectivity index (χ3n) is 2.85. The molecule has 1 saturated carbocycles. The van der Waals surface area contributed by atoms with E-state index in [0.717, 1.165) is 11.6 Å². The summed E-state index contributed by atoms with van der Waals surface area (Å²) in [6.45, 7) is 2.17.